The maximum Gasteiger partial charge on any atom is 0.136 e. The molecule has 15 heavy (non-hydrogen) atoms. The monoisotopic (exact) mass is 204 g/mol. The van der Waals surface area contributed by atoms with Crippen LogP contribution in [0, 0.1) is 0 Å². The molecule has 0 bridgehead atoms. The topological polar surface area (TPSA) is 50.7 Å². The fourth-order valence-corrected chi connectivity index (χ4v) is 1.85. The van der Waals surface area contributed by atoms with E-state index < -0.39 is 0 Å². The maximum atomic E-state index is 4.46. The van der Waals surface area contributed by atoms with Gasteiger partial charge in [0.25, 0.3) is 0 Å². The highest BCUT2D eigenvalue weighted by atomic mass is 15.0. The van der Waals surface area contributed by atoms with E-state index in [1.54, 1.807) is 6.33 Å². The van der Waals surface area contributed by atoms with Crippen molar-refractivity contribution in [3.63, 3.8) is 0 Å². The molecular formula is C11H16N4. The summed E-state index contributed by atoms with van der Waals surface area (Å²) in [5, 5.41) is 3.34. The van der Waals surface area contributed by atoms with E-state index in [0.717, 1.165) is 44.0 Å². The predicted molar refractivity (Wildman–Crippen MR) is 58.6 cm³/mol. The van der Waals surface area contributed by atoms with Crippen LogP contribution in [0.5, 0.6) is 0 Å². The molecule has 0 amide bonds. The Morgan fingerprint density at radius 3 is 2.93 bits per heavy atom. The molecule has 2 heterocycles. The van der Waals surface area contributed by atoms with Gasteiger partial charge in [-0.3, -0.25) is 0 Å². The van der Waals surface area contributed by atoms with E-state index in [9.17, 15) is 0 Å². The third-order valence-electron chi connectivity index (χ3n) is 2.67. The first-order chi connectivity index (χ1) is 7.40. The van der Waals surface area contributed by atoms with Gasteiger partial charge in [-0.2, -0.15) is 0 Å². The van der Waals surface area contributed by atoms with Crippen LogP contribution in [0.4, 0.5) is 0 Å². The number of piperidine rings is 1. The van der Waals surface area contributed by atoms with E-state index in [4.69, 9.17) is 0 Å². The van der Waals surface area contributed by atoms with Gasteiger partial charge >= 0.3 is 0 Å². The first kappa shape index (κ1) is 10.2. The Kier molecular flexibility index (Phi) is 3.40. The molecule has 4 heteroatoms. The van der Waals surface area contributed by atoms with Crippen molar-refractivity contribution in [1.29, 1.82) is 0 Å². The molecule has 1 aromatic heterocycles. The van der Waals surface area contributed by atoms with Crippen LogP contribution in [0.15, 0.2) is 19.0 Å². The summed E-state index contributed by atoms with van der Waals surface area (Å²) in [4.78, 5) is 12.8. The van der Waals surface area contributed by atoms with Crippen LogP contribution < -0.4 is 5.32 Å². The minimum absolute atomic E-state index is 0.498. The zero-order valence-corrected chi connectivity index (χ0v) is 8.82. The van der Waals surface area contributed by atoms with E-state index in [1.807, 2.05) is 6.08 Å². The highest BCUT2D eigenvalue weighted by molar-refractivity contribution is 5.01. The predicted octanol–water partition coefficient (Wildman–Crippen LogP) is 1.07. The van der Waals surface area contributed by atoms with Crippen molar-refractivity contribution in [3.05, 3.63) is 30.6 Å². The average Bonchev–Trinajstić information content (AvgIpc) is 2.31. The summed E-state index contributed by atoms with van der Waals surface area (Å²) in [6.07, 6.45) is 6.40. The fourth-order valence-electron chi connectivity index (χ4n) is 1.85. The summed E-state index contributed by atoms with van der Waals surface area (Å²) < 4.78 is 0. The average molecular weight is 204 g/mol. The summed E-state index contributed by atoms with van der Waals surface area (Å²) >= 11 is 0. The SMILES string of the molecule is C=CCc1ncnc(C2CCNCC2)n1. The van der Waals surface area contributed by atoms with Crippen LogP contribution in [-0.2, 0) is 6.42 Å². The van der Waals surface area contributed by atoms with Crippen molar-refractivity contribution in [2.75, 3.05) is 13.1 Å². The summed E-state index contributed by atoms with van der Waals surface area (Å²) in [6.45, 7) is 5.81. The highest BCUT2D eigenvalue weighted by Crippen LogP contribution is 2.21. The fraction of sp³-hybridized carbons (Fsp3) is 0.545. The van der Waals surface area contributed by atoms with Gasteiger partial charge in [0.15, 0.2) is 0 Å². The largest absolute Gasteiger partial charge is 0.317 e. The molecule has 80 valence electrons. The molecule has 4 nitrogen and oxygen atoms in total. The van der Waals surface area contributed by atoms with Crippen LogP contribution in [-0.4, -0.2) is 28.0 Å². The van der Waals surface area contributed by atoms with Crippen LogP contribution in [0.2, 0.25) is 0 Å². The van der Waals surface area contributed by atoms with Crippen molar-refractivity contribution in [1.82, 2.24) is 20.3 Å². The first-order valence-corrected chi connectivity index (χ1v) is 5.39. The quantitative estimate of drug-likeness (QED) is 0.748. The second kappa shape index (κ2) is 4.98. The number of rotatable bonds is 3. The van der Waals surface area contributed by atoms with E-state index >= 15 is 0 Å². The van der Waals surface area contributed by atoms with Crippen LogP contribution in [0.3, 0.4) is 0 Å². The lowest BCUT2D eigenvalue weighted by Gasteiger charge is -2.21. The number of allylic oxidation sites excluding steroid dienone is 1. The second-order valence-electron chi connectivity index (χ2n) is 3.78. The molecule has 1 saturated heterocycles. The molecule has 0 spiro atoms. The molecule has 0 atom stereocenters. The lowest BCUT2D eigenvalue weighted by atomic mass is 9.97. The van der Waals surface area contributed by atoms with Crippen molar-refractivity contribution in [2.45, 2.75) is 25.2 Å². The van der Waals surface area contributed by atoms with E-state index in [0.29, 0.717) is 5.92 Å². The molecule has 0 aromatic carbocycles. The molecule has 0 unspecified atom stereocenters. The van der Waals surface area contributed by atoms with Gasteiger partial charge in [0.2, 0.25) is 0 Å². The Balaban J connectivity index is 2.12. The Bertz CT molecular complexity index is 331. The van der Waals surface area contributed by atoms with E-state index in [2.05, 4.69) is 26.8 Å². The lowest BCUT2D eigenvalue weighted by molar-refractivity contribution is 0.442. The third-order valence-corrected chi connectivity index (χ3v) is 2.67. The zero-order valence-electron chi connectivity index (χ0n) is 8.82. The smallest absolute Gasteiger partial charge is 0.136 e. The van der Waals surface area contributed by atoms with Gasteiger partial charge in [-0.15, -0.1) is 6.58 Å². The minimum atomic E-state index is 0.498. The molecule has 1 fully saturated rings. The molecule has 1 aliphatic heterocycles. The Morgan fingerprint density at radius 2 is 2.20 bits per heavy atom. The van der Waals surface area contributed by atoms with Crippen LogP contribution in [0.1, 0.15) is 30.4 Å². The standard InChI is InChI=1S/C11H16N4/c1-2-3-10-13-8-14-11(15-10)9-4-6-12-7-5-9/h2,8-9,12H,1,3-7H2. The Labute approximate surface area is 89.9 Å². The zero-order chi connectivity index (χ0) is 10.5. The van der Waals surface area contributed by atoms with E-state index in [1.165, 1.54) is 0 Å². The number of nitrogens with one attached hydrogen (secondary N) is 1. The first-order valence-electron chi connectivity index (χ1n) is 5.39. The summed E-state index contributed by atoms with van der Waals surface area (Å²) in [5.74, 6) is 2.27. The van der Waals surface area contributed by atoms with Gasteiger partial charge in [0.05, 0.1) is 0 Å². The van der Waals surface area contributed by atoms with Crippen LogP contribution >= 0.6 is 0 Å². The van der Waals surface area contributed by atoms with Gasteiger partial charge in [-0.05, 0) is 25.9 Å². The second-order valence-corrected chi connectivity index (χ2v) is 3.78. The number of hydrogen-bond donors (Lipinski definition) is 1. The summed E-state index contributed by atoms with van der Waals surface area (Å²) in [7, 11) is 0. The Hall–Kier alpha value is -1.29. The van der Waals surface area contributed by atoms with Gasteiger partial charge in [-0.25, -0.2) is 15.0 Å². The van der Waals surface area contributed by atoms with Crippen LogP contribution in [0.25, 0.3) is 0 Å². The molecule has 0 aliphatic carbocycles. The summed E-state index contributed by atoms with van der Waals surface area (Å²) in [5.41, 5.74) is 0. The van der Waals surface area contributed by atoms with Crippen molar-refractivity contribution in [3.8, 4) is 0 Å². The molecule has 0 saturated carbocycles. The molecule has 1 N–H and O–H groups in total. The molecule has 2 rings (SSSR count). The number of hydrogen-bond acceptors (Lipinski definition) is 4. The number of aromatic nitrogens is 3. The van der Waals surface area contributed by atoms with Gasteiger partial charge in [-0.1, -0.05) is 6.08 Å². The number of nitrogens with zero attached hydrogens (tertiary/aromatic N) is 3. The lowest BCUT2D eigenvalue weighted by Crippen LogP contribution is -2.27. The molecule has 1 aromatic rings. The molecule has 0 radical (unpaired) electrons. The van der Waals surface area contributed by atoms with Crippen molar-refractivity contribution in [2.24, 2.45) is 0 Å². The minimum Gasteiger partial charge on any atom is -0.317 e. The van der Waals surface area contributed by atoms with E-state index in [-0.39, 0.29) is 0 Å². The normalized spacial score (nSPS) is 17.6. The van der Waals surface area contributed by atoms with Crippen molar-refractivity contribution < 1.29 is 0 Å². The van der Waals surface area contributed by atoms with Gasteiger partial charge < -0.3 is 5.32 Å². The highest BCUT2D eigenvalue weighted by Gasteiger charge is 2.17. The molecular weight excluding hydrogens is 188 g/mol. The third kappa shape index (κ3) is 2.59. The maximum absolute atomic E-state index is 4.46. The molecule has 1 aliphatic rings. The van der Waals surface area contributed by atoms with Gasteiger partial charge in [0, 0.05) is 12.3 Å². The summed E-state index contributed by atoms with van der Waals surface area (Å²) in [6, 6.07) is 0. The Morgan fingerprint density at radius 1 is 1.40 bits per heavy atom. The van der Waals surface area contributed by atoms with Gasteiger partial charge in [0.1, 0.15) is 18.0 Å². The van der Waals surface area contributed by atoms with Crippen molar-refractivity contribution >= 4 is 0 Å².